The molecule has 2 aliphatic carbocycles. The van der Waals surface area contributed by atoms with Gasteiger partial charge in [-0.15, -0.1) is 0 Å². The highest BCUT2D eigenvalue weighted by atomic mass is 19.1. The zero-order chi connectivity index (χ0) is 22.7. The second kappa shape index (κ2) is 7.03. The van der Waals surface area contributed by atoms with Crippen LogP contribution in [0.4, 0.5) is 26.6 Å². The maximum absolute atomic E-state index is 14.9. The lowest BCUT2D eigenvalue weighted by Crippen LogP contribution is -2.19. The minimum atomic E-state index is -0.623. The number of nitrogens with zero attached hydrogens (tertiary/aromatic N) is 4. The number of halogens is 1. The van der Waals surface area contributed by atoms with Crippen molar-refractivity contribution in [2.75, 3.05) is 16.4 Å². The van der Waals surface area contributed by atoms with Crippen molar-refractivity contribution in [2.24, 2.45) is 0 Å². The molecule has 2 fully saturated rings. The molecule has 9 nitrogen and oxygen atoms in total. The third-order valence-corrected chi connectivity index (χ3v) is 6.40. The van der Waals surface area contributed by atoms with Gasteiger partial charge in [-0.3, -0.25) is 10.00 Å². The minimum Gasteiger partial charge on any atom is -0.383 e. The third-order valence-electron chi connectivity index (χ3n) is 6.40. The minimum absolute atomic E-state index is 0.0252. The number of hydrogen-bond acceptors (Lipinski definition) is 6. The Labute approximate surface area is 188 Å². The first-order valence-electron chi connectivity index (χ1n) is 10.9. The van der Waals surface area contributed by atoms with Crippen LogP contribution in [-0.4, -0.2) is 26.0 Å². The average Bonchev–Trinajstić information content (AvgIpc) is 3.68. The van der Waals surface area contributed by atoms with Crippen LogP contribution in [0, 0.1) is 5.82 Å². The molecule has 0 saturated heterocycles. The quantitative estimate of drug-likeness (QED) is 0.402. The molecule has 33 heavy (non-hydrogen) atoms. The number of fused-ring (bicyclic) bond motifs is 1. The number of urea groups is 1. The van der Waals surface area contributed by atoms with Crippen LogP contribution in [0.5, 0.6) is 0 Å². The summed E-state index contributed by atoms with van der Waals surface area (Å²) in [4.78, 5) is 16.5. The SMILES string of the molecule is CC1(c2cc(NC(=O)Nc3ccc(-c4nn(C5CC5)c5ccnc(N)c45)cc3F)on2)CC1. The van der Waals surface area contributed by atoms with Crippen LogP contribution in [0.15, 0.2) is 41.1 Å². The Bertz CT molecular complexity index is 1400. The van der Waals surface area contributed by atoms with E-state index in [1.165, 1.54) is 12.1 Å². The van der Waals surface area contributed by atoms with Crippen LogP contribution >= 0.6 is 0 Å². The summed E-state index contributed by atoms with van der Waals surface area (Å²) < 4.78 is 22.0. The van der Waals surface area contributed by atoms with Gasteiger partial charge in [0, 0.05) is 23.2 Å². The predicted molar refractivity (Wildman–Crippen MR) is 121 cm³/mol. The summed E-state index contributed by atoms with van der Waals surface area (Å²) in [6.45, 7) is 2.09. The zero-order valence-electron chi connectivity index (χ0n) is 17.9. The van der Waals surface area contributed by atoms with E-state index >= 15 is 0 Å². The van der Waals surface area contributed by atoms with Crippen molar-refractivity contribution in [2.45, 2.75) is 44.1 Å². The molecule has 0 atom stereocenters. The number of pyridine rings is 1. The second-order valence-corrected chi connectivity index (χ2v) is 9.03. The Morgan fingerprint density at radius 2 is 2.06 bits per heavy atom. The standard InChI is InChI=1S/C23H22FN7O2/c1-23(7-8-23)17-11-18(33-30-17)28-22(32)27-15-5-2-12(10-14(15)24)20-19-16(6-9-26-21(19)25)31(29-20)13-3-4-13/h2,5-6,9-11,13H,3-4,7-8H2,1H3,(H2,25,26)(H2,27,28,32). The van der Waals surface area contributed by atoms with E-state index < -0.39 is 11.8 Å². The maximum Gasteiger partial charge on any atom is 0.326 e. The summed E-state index contributed by atoms with van der Waals surface area (Å²) in [5.41, 5.74) is 9.00. The van der Waals surface area contributed by atoms with Gasteiger partial charge < -0.3 is 15.6 Å². The lowest BCUT2D eigenvalue weighted by molar-refractivity contribution is 0.261. The highest BCUT2D eigenvalue weighted by Gasteiger charge is 2.42. The number of anilines is 3. The van der Waals surface area contributed by atoms with Gasteiger partial charge in [-0.1, -0.05) is 18.1 Å². The van der Waals surface area contributed by atoms with Crippen molar-refractivity contribution in [3.63, 3.8) is 0 Å². The fourth-order valence-electron chi connectivity index (χ4n) is 4.00. The number of carbonyl (C=O) groups is 1. The van der Waals surface area contributed by atoms with Gasteiger partial charge in [-0.25, -0.2) is 14.2 Å². The normalized spacial score (nSPS) is 16.7. The second-order valence-electron chi connectivity index (χ2n) is 9.03. The molecule has 0 aliphatic heterocycles. The molecular weight excluding hydrogens is 425 g/mol. The first-order chi connectivity index (χ1) is 15.9. The Balaban J connectivity index is 1.24. The Kier molecular flexibility index (Phi) is 4.20. The zero-order valence-corrected chi connectivity index (χ0v) is 17.9. The lowest BCUT2D eigenvalue weighted by atomic mass is 10.1. The van der Waals surface area contributed by atoms with Crippen molar-refractivity contribution in [3.05, 3.63) is 48.0 Å². The van der Waals surface area contributed by atoms with E-state index in [-0.39, 0.29) is 17.0 Å². The first kappa shape index (κ1) is 19.7. The number of carbonyl (C=O) groups excluding carboxylic acids is 1. The van der Waals surface area contributed by atoms with Crippen molar-refractivity contribution in [1.82, 2.24) is 19.9 Å². The largest absolute Gasteiger partial charge is 0.383 e. The van der Waals surface area contributed by atoms with Crippen LogP contribution < -0.4 is 16.4 Å². The van der Waals surface area contributed by atoms with Gasteiger partial charge in [0.05, 0.1) is 28.3 Å². The van der Waals surface area contributed by atoms with E-state index in [0.29, 0.717) is 28.5 Å². The van der Waals surface area contributed by atoms with Crippen LogP contribution in [0.3, 0.4) is 0 Å². The van der Waals surface area contributed by atoms with E-state index in [2.05, 4.69) is 27.7 Å². The summed E-state index contributed by atoms with van der Waals surface area (Å²) in [5.74, 6) is -0.0291. The molecule has 0 bridgehead atoms. The maximum atomic E-state index is 14.9. The first-order valence-corrected chi connectivity index (χ1v) is 10.9. The van der Waals surface area contributed by atoms with Gasteiger partial charge in [0.2, 0.25) is 5.88 Å². The smallest absolute Gasteiger partial charge is 0.326 e. The molecule has 1 aromatic carbocycles. The van der Waals surface area contributed by atoms with Crippen molar-refractivity contribution < 1.29 is 13.7 Å². The molecule has 168 valence electrons. The summed E-state index contributed by atoms with van der Waals surface area (Å²) in [5, 5.41) is 14.5. The summed E-state index contributed by atoms with van der Waals surface area (Å²) in [6.07, 6.45) is 5.83. The van der Waals surface area contributed by atoms with Gasteiger partial charge >= 0.3 is 6.03 Å². The van der Waals surface area contributed by atoms with Gasteiger partial charge in [-0.05, 0) is 43.9 Å². The Morgan fingerprint density at radius 3 is 2.79 bits per heavy atom. The van der Waals surface area contributed by atoms with E-state index in [0.717, 1.165) is 36.9 Å². The number of rotatable bonds is 5. The molecule has 6 rings (SSSR count). The molecule has 2 amide bonds. The van der Waals surface area contributed by atoms with Gasteiger partial charge in [0.15, 0.2) is 0 Å². The molecule has 0 spiro atoms. The van der Waals surface area contributed by atoms with E-state index in [1.54, 1.807) is 18.3 Å². The Hall–Kier alpha value is -3.95. The highest BCUT2D eigenvalue weighted by Crippen LogP contribution is 2.47. The molecule has 0 radical (unpaired) electrons. The number of benzene rings is 1. The summed E-state index contributed by atoms with van der Waals surface area (Å²) >= 11 is 0. The molecule has 2 aliphatic rings. The van der Waals surface area contributed by atoms with Crippen molar-refractivity contribution >= 4 is 34.3 Å². The molecular formula is C23H22FN7O2. The molecule has 0 unspecified atom stereocenters. The number of amides is 2. The molecule has 4 aromatic rings. The third kappa shape index (κ3) is 3.47. The lowest BCUT2D eigenvalue weighted by Gasteiger charge is -2.08. The van der Waals surface area contributed by atoms with Crippen LogP contribution in [-0.2, 0) is 5.41 Å². The fraction of sp³-hybridized carbons (Fsp3) is 0.304. The number of nitrogen functional groups attached to an aromatic ring is 1. The number of nitrogens with two attached hydrogens (primary N) is 1. The Morgan fingerprint density at radius 1 is 1.24 bits per heavy atom. The van der Waals surface area contributed by atoms with Gasteiger partial charge in [0.25, 0.3) is 0 Å². The highest BCUT2D eigenvalue weighted by molar-refractivity contribution is 6.01. The molecule has 10 heteroatoms. The number of hydrogen-bond donors (Lipinski definition) is 3. The molecule has 3 aromatic heterocycles. The van der Waals surface area contributed by atoms with Crippen molar-refractivity contribution in [3.8, 4) is 11.3 Å². The molecule has 3 heterocycles. The van der Waals surface area contributed by atoms with Crippen LogP contribution in [0.2, 0.25) is 0 Å². The summed E-state index contributed by atoms with van der Waals surface area (Å²) in [7, 11) is 0. The van der Waals surface area contributed by atoms with Crippen LogP contribution in [0.1, 0.15) is 44.3 Å². The van der Waals surface area contributed by atoms with E-state index in [4.69, 9.17) is 15.4 Å². The summed E-state index contributed by atoms with van der Waals surface area (Å²) in [6, 6.07) is 7.81. The van der Waals surface area contributed by atoms with E-state index in [9.17, 15) is 9.18 Å². The monoisotopic (exact) mass is 447 g/mol. The predicted octanol–water partition coefficient (Wildman–Crippen LogP) is 4.84. The van der Waals surface area contributed by atoms with Gasteiger partial charge in [0.1, 0.15) is 17.3 Å². The molecule has 2 saturated carbocycles. The topological polar surface area (TPSA) is 124 Å². The number of aromatic nitrogens is 4. The van der Waals surface area contributed by atoms with Crippen molar-refractivity contribution in [1.29, 1.82) is 0 Å². The molecule has 4 N–H and O–H groups in total. The van der Waals surface area contributed by atoms with Crippen LogP contribution in [0.25, 0.3) is 22.2 Å². The van der Waals surface area contributed by atoms with Gasteiger partial charge in [-0.2, -0.15) is 5.10 Å². The van der Waals surface area contributed by atoms with E-state index in [1.807, 2.05) is 10.7 Å². The fourth-order valence-corrected chi connectivity index (χ4v) is 4.00. The number of nitrogens with one attached hydrogen (secondary N) is 2. The average molecular weight is 447 g/mol.